The van der Waals surface area contributed by atoms with Crippen LogP contribution < -0.4 is 4.90 Å². The third-order valence-corrected chi connectivity index (χ3v) is 2.06. The number of hydrogen-bond acceptors (Lipinski definition) is 5. The molecule has 0 unspecified atom stereocenters. The molecule has 0 saturated carbocycles. The highest BCUT2D eigenvalue weighted by molar-refractivity contribution is 5.66. The normalized spacial score (nSPS) is 10.8. The first kappa shape index (κ1) is 8.65. The molecular formula is C8H6N6O2. The molecule has 0 aliphatic carbocycles. The van der Waals surface area contributed by atoms with Gasteiger partial charge in [0.1, 0.15) is 0 Å². The second-order valence-electron chi connectivity index (χ2n) is 3.00. The molecule has 3 rings (SSSR count). The number of rotatable bonds is 2. The van der Waals surface area contributed by atoms with E-state index < -0.39 is 0 Å². The van der Waals surface area contributed by atoms with Gasteiger partial charge in [0.15, 0.2) is 11.6 Å². The molecule has 0 spiro atoms. The zero-order valence-corrected chi connectivity index (χ0v) is 7.91. The molecule has 0 radical (unpaired) electrons. The van der Waals surface area contributed by atoms with Crippen LogP contribution in [0.15, 0.2) is 29.4 Å². The lowest BCUT2D eigenvalue weighted by Crippen LogP contribution is -2.25. The van der Waals surface area contributed by atoms with E-state index in [1.807, 2.05) is 0 Å². The van der Waals surface area contributed by atoms with E-state index in [0.29, 0.717) is 17.3 Å². The number of nitrogens with one attached hydrogen (secondary N) is 2. The number of nitrogens with zero attached hydrogens (tertiary/aromatic N) is 4. The van der Waals surface area contributed by atoms with Gasteiger partial charge in [0.2, 0.25) is 0 Å². The van der Waals surface area contributed by atoms with E-state index in [-0.39, 0.29) is 10.6 Å². The maximum absolute atomic E-state index is 11.4. The van der Waals surface area contributed by atoms with Gasteiger partial charge in [-0.1, -0.05) is 0 Å². The Bertz CT molecular complexity index is 582. The van der Waals surface area contributed by atoms with Crippen molar-refractivity contribution >= 4 is 0 Å². The van der Waals surface area contributed by atoms with Gasteiger partial charge in [-0.25, -0.2) is 9.97 Å². The van der Waals surface area contributed by atoms with Crippen LogP contribution in [0.1, 0.15) is 0 Å². The quantitative estimate of drug-likeness (QED) is 0.592. The van der Waals surface area contributed by atoms with Crippen molar-refractivity contribution in [2.24, 2.45) is 0 Å². The Morgan fingerprint density at radius 2 is 1.81 bits per heavy atom. The smallest absolute Gasteiger partial charge is 0.294 e. The van der Waals surface area contributed by atoms with Crippen LogP contribution in [0.5, 0.6) is 0 Å². The molecule has 3 aromatic rings. The summed E-state index contributed by atoms with van der Waals surface area (Å²) in [6, 6.07) is 0. The third kappa shape index (κ3) is 1.16. The van der Waals surface area contributed by atoms with E-state index in [4.69, 9.17) is 0 Å². The van der Waals surface area contributed by atoms with Gasteiger partial charge in [-0.15, -0.1) is 0 Å². The van der Waals surface area contributed by atoms with Crippen LogP contribution in [0.3, 0.4) is 0 Å². The zero-order valence-electron chi connectivity index (χ0n) is 7.91. The molecular weight excluding hydrogens is 212 g/mol. The van der Waals surface area contributed by atoms with Crippen LogP contribution in [0.2, 0.25) is 0 Å². The Morgan fingerprint density at radius 1 is 1.12 bits per heavy atom. The molecule has 0 aliphatic rings. The Labute approximate surface area is 88.5 Å². The lowest BCUT2D eigenvalue weighted by Gasteiger charge is -1.91. The average Bonchev–Trinajstić information content (AvgIpc) is 2.96. The predicted molar refractivity (Wildman–Crippen MR) is 50.6 cm³/mol. The van der Waals surface area contributed by atoms with Crippen molar-refractivity contribution in [1.29, 1.82) is 0 Å². The molecule has 0 aliphatic heterocycles. The predicted octanol–water partition coefficient (Wildman–Crippen LogP) is 0.0882. The second-order valence-corrected chi connectivity index (χ2v) is 3.00. The molecule has 0 bridgehead atoms. The minimum atomic E-state index is 0.194. The molecule has 80 valence electrons. The van der Waals surface area contributed by atoms with Crippen LogP contribution in [-0.4, -0.2) is 25.1 Å². The number of H-pyrrole nitrogens is 2. The summed E-state index contributed by atoms with van der Waals surface area (Å²) >= 11 is 0. The first-order valence-corrected chi connectivity index (χ1v) is 4.45. The fraction of sp³-hybridized carbons (Fsp3) is 0. The summed E-state index contributed by atoms with van der Waals surface area (Å²) in [5, 5.41) is 15.1. The first-order valence-electron chi connectivity index (χ1n) is 4.45. The molecule has 0 fully saturated rings. The van der Waals surface area contributed by atoms with E-state index in [1.54, 1.807) is 18.6 Å². The number of imidazole rings is 2. The van der Waals surface area contributed by atoms with Gasteiger partial charge in [-0.2, -0.15) is 0 Å². The van der Waals surface area contributed by atoms with Crippen molar-refractivity contribution in [2.45, 2.75) is 0 Å². The summed E-state index contributed by atoms with van der Waals surface area (Å²) in [4.78, 5) is 13.9. The summed E-state index contributed by atoms with van der Waals surface area (Å²) in [6.07, 6.45) is 6.33. The Hall–Kier alpha value is -2.64. The van der Waals surface area contributed by atoms with Crippen molar-refractivity contribution < 1.29 is 9.53 Å². The average molecular weight is 218 g/mol. The zero-order chi connectivity index (χ0) is 11.0. The van der Waals surface area contributed by atoms with Crippen LogP contribution in [-0.2, 0) is 0 Å². The third-order valence-electron chi connectivity index (χ3n) is 2.06. The molecule has 3 aromatic heterocycles. The summed E-state index contributed by atoms with van der Waals surface area (Å²) in [7, 11) is 0. The minimum absolute atomic E-state index is 0.194. The van der Waals surface area contributed by atoms with E-state index in [2.05, 4.69) is 29.7 Å². The van der Waals surface area contributed by atoms with Gasteiger partial charge >= 0.3 is 0 Å². The van der Waals surface area contributed by atoms with Crippen molar-refractivity contribution in [2.75, 3.05) is 0 Å². The standard InChI is InChI=1S/C8H6N6O2/c15-14-6(8-11-3-4-12-8)5(13-16-14)7-9-1-2-10-7/h1-4H,(H,9,10)(H,11,12). The summed E-state index contributed by atoms with van der Waals surface area (Å²) in [5.74, 6) is 0.826. The van der Waals surface area contributed by atoms with Gasteiger partial charge in [0.05, 0.1) is 5.16 Å². The molecule has 8 nitrogen and oxygen atoms in total. The molecule has 0 amide bonds. The first-order chi connectivity index (χ1) is 7.86. The van der Waals surface area contributed by atoms with Crippen LogP contribution in [0.4, 0.5) is 0 Å². The van der Waals surface area contributed by atoms with Gasteiger partial charge < -0.3 is 15.2 Å². The van der Waals surface area contributed by atoms with Crippen molar-refractivity contribution in [3.05, 3.63) is 30.0 Å². The second kappa shape index (κ2) is 3.19. The SMILES string of the molecule is [O-][n+]1onc(-c2ncc[nH]2)c1-c1ncc[nH]1. The van der Waals surface area contributed by atoms with E-state index in [1.165, 1.54) is 6.20 Å². The van der Waals surface area contributed by atoms with Crippen molar-refractivity contribution in [3.8, 4) is 23.0 Å². The topological polar surface area (TPSA) is 110 Å². The molecule has 0 aromatic carbocycles. The molecule has 2 N–H and O–H groups in total. The summed E-state index contributed by atoms with van der Waals surface area (Å²) < 4.78 is 4.53. The molecule has 0 saturated heterocycles. The van der Waals surface area contributed by atoms with Crippen LogP contribution >= 0.6 is 0 Å². The van der Waals surface area contributed by atoms with E-state index in [0.717, 1.165) is 0 Å². The molecule has 0 atom stereocenters. The maximum Gasteiger partial charge on any atom is 0.294 e. The van der Waals surface area contributed by atoms with Crippen LogP contribution in [0.25, 0.3) is 23.0 Å². The van der Waals surface area contributed by atoms with Gasteiger partial charge in [-0.3, -0.25) is 4.63 Å². The number of aromatic amines is 2. The van der Waals surface area contributed by atoms with E-state index in [9.17, 15) is 5.21 Å². The highest BCUT2D eigenvalue weighted by atomic mass is 16.8. The number of hydrogen-bond donors (Lipinski definition) is 2. The largest absolute Gasteiger partial charge is 0.359 e. The van der Waals surface area contributed by atoms with Crippen molar-refractivity contribution in [3.63, 3.8) is 0 Å². The maximum atomic E-state index is 11.4. The highest BCUT2D eigenvalue weighted by Crippen LogP contribution is 2.21. The fourth-order valence-corrected chi connectivity index (χ4v) is 1.39. The van der Waals surface area contributed by atoms with Gasteiger partial charge in [-0.05, 0) is 4.90 Å². The highest BCUT2D eigenvalue weighted by Gasteiger charge is 2.26. The summed E-state index contributed by atoms with van der Waals surface area (Å²) in [6.45, 7) is 0. The van der Waals surface area contributed by atoms with Crippen molar-refractivity contribution in [1.82, 2.24) is 25.1 Å². The van der Waals surface area contributed by atoms with E-state index >= 15 is 0 Å². The Morgan fingerprint density at radius 3 is 2.44 bits per heavy atom. The Balaban J connectivity index is 2.21. The molecule has 8 heteroatoms. The number of aromatic nitrogens is 6. The lowest BCUT2D eigenvalue weighted by molar-refractivity contribution is -0.793. The molecule has 16 heavy (non-hydrogen) atoms. The Kier molecular flexibility index (Phi) is 1.72. The van der Waals surface area contributed by atoms with Gasteiger partial charge in [0, 0.05) is 24.8 Å². The fourth-order valence-electron chi connectivity index (χ4n) is 1.39. The van der Waals surface area contributed by atoms with Crippen LogP contribution in [0, 0.1) is 5.21 Å². The minimum Gasteiger partial charge on any atom is -0.359 e. The monoisotopic (exact) mass is 218 g/mol. The van der Waals surface area contributed by atoms with Gasteiger partial charge in [0.25, 0.3) is 11.4 Å². The summed E-state index contributed by atoms with van der Waals surface area (Å²) in [5.41, 5.74) is 0.509. The lowest BCUT2D eigenvalue weighted by atomic mass is 10.3. The molecule has 3 heterocycles.